The number of amides is 1. The molecule has 2 aliphatic rings. The summed E-state index contributed by atoms with van der Waals surface area (Å²) in [7, 11) is 0. The summed E-state index contributed by atoms with van der Waals surface area (Å²) in [6.07, 6.45) is 6.19. The van der Waals surface area contributed by atoms with E-state index < -0.39 is 5.60 Å². The van der Waals surface area contributed by atoms with E-state index in [0.29, 0.717) is 25.9 Å². The van der Waals surface area contributed by atoms with Crippen molar-refractivity contribution in [1.82, 2.24) is 15.1 Å². The van der Waals surface area contributed by atoms with Crippen LogP contribution in [-0.4, -0.2) is 66.6 Å². The molecule has 1 amide bonds. The molecule has 2 fully saturated rings. The van der Waals surface area contributed by atoms with Crippen LogP contribution in [0.4, 0.5) is 4.39 Å². The maximum Gasteiger partial charge on any atom is 0.234 e. The molecule has 27 heavy (non-hydrogen) atoms. The zero-order valence-electron chi connectivity index (χ0n) is 16.1. The van der Waals surface area contributed by atoms with Crippen molar-refractivity contribution in [3.05, 3.63) is 35.6 Å². The highest BCUT2D eigenvalue weighted by atomic mass is 19.1. The zero-order valence-corrected chi connectivity index (χ0v) is 16.1. The van der Waals surface area contributed by atoms with Gasteiger partial charge in [0.1, 0.15) is 5.82 Å². The van der Waals surface area contributed by atoms with Crippen LogP contribution in [0.25, 0.3) is 0 Å². The molecule has 0 spiro atoms. The summed E-state index contributed by atoms with van der Waals surface area (Å²) in [5, 5.41) is 13.9. The van der Waals surface area contributed by atoms with E-state index in [-0.39, 0.29) is 11.7 Å². The highest BCUT2D eigenvalue weighted by molar-refractivity contribution is 5.77. The van der Waals surface area contributed by atoms with Crippen molar-refractivity contribution in [3.8, 4) is 0 Å². The lowest BCUT2D eigenvalue weighted by molar-refractivity contribution is -0.122. The lowest BCUT2D eigenvalue weighted by Crippen LogP contribution is -2.46. The molecule has 1 aromatic carbocycles. The first-order valence-electron chi connectivity index (χ1n) is 10.2. The molecular weight excluding hydrogens is 345 g/mol. The molecule has 150 valence electrons. The molecule has 0 unspecified atom stereocenters. The predicted molar refractivity (Wildman–Crippen MR) is 104 cm³/mol. The van der Waals surface area contributed by atoms with E-state index in [9.17, 15) is 14.3 Å². The van der Waals surface area contributed by atoms with Crippen LogP contribution in [0.2, 0.25) is 0 Å². The SMILES string of the molecule is O=C(CN1CCCCCC1)NCCN1CCC(O)(c2ccc(F)cc2)CC1. The fourth-order valence-electron chi connectivity index (χ4n) is 4.10. The van der Waals surface area contributed by atoms with Gasteiger partial charge in [-0.1, -0.05) is 25.0 Å². The van der Waals surface area contributed by atoms with Gasteiger partial charge in [0.2, 0.25) is 5.91 Å². The first-order chi connectivity index (χ1) is 13.0. The Morgan fingerprint density at radius 3 is 2.26 bits per heavy atom. The monoisotopic (exact) mass is 377 g/mol. The molecular formula is C21H32FN3O2. The van der Waals surface area contributed by atoms with Crippen LogP contribution >= 0.6 is 0 Å². The minimum atomic E-state index is -0.875. The van der Waals surface area contributed by atoms with Crippen molar-refractivity contribution in [2.75, 3.05) is 45.8 Å². The maximum absolute atomic E-state index is 13.1. The van der Waals surface area contributed by atoms with Crippen LogP contribution in [0.15, 0.2) is 24.3 Å². The molecule has 0 radical (unpaired) electrons. The Bertz CT molecular complexity index is 592. The number of aliphatic hydroxyl groups is 1. The number of piperidine rings is 1. The van der Waals surface area contributed by atoms with Gasteiger partial charge in [-0.3, -0.25) is 9.69 Å². The van der Waals surface area contributed by atoms with Gasteiger partial charge >= 0.3 is 0 Å². The van der Waals surface area contributed by atoms with Crippen molar-refractivity contribution < 1.29 is 14.3 Å². The van der Waals surface area contributed by atoms with Crippen molar-refractivity contribution in [1.29, 1.82) is 0 Å². The number of carbonyl (C=O) groups is 1. The third-order valence-electron chi connectivity index (χ3n) is 5.88. The summed E-state index contributed by atoms with van der Waals surface area (Å²) in [6.45, 7) is 5.55. The molecule has 0 bridgehead atoms. The fraction of sp³-hybridized carbons (Fsp3) is 0.667. The lowest BCUT2D eigenvalue weighted by Gasteiger charge is -2.38. The number of halogens is 1. The minimum Gasteiger partial charge on any atom is -0.385 e. The summed E-state index contributed by atoms with van der Waals surface area (Å²) in [4.78, 5) is 16.7. The number of hydrogen-bond acceptors (Lipinski definition) is 4. The van der Waals surface area contributed by atoms with E-state index in [4.69, 9.17) is 0 Å². The Kier molecular flexibility index (Phi) is 7.21. The summed E-state index contributed by atoms with van der Waals surface area (Å²) in [5.41, 5.74) is -0.0884. The van der Waals surface area contributed by atoms with E-state index in [0.717, 1.165) is 38.3 Å². The molecule has 2 saturated heterocycles. The maximum atomic E-state index is 13.1. The smallest absolute Gasteiger partial charge is 0.234 e. The Morgan fingerprint density at radius 1 is 1.00 bits per heavy atom. The van der Waals surface area contributed by atoms with Gasteiger partial charge in [0.25, 0.3) is 0 Å². The Labute approximate surface area is 161 Å². The number of carbonyl (C=O) groups excluding carboxylic acids is 1. The van der Waals surface area contributed by atoms with Crippen molar-refractivity contribution in [2.24, 2.45) is 0 Å². The van der Waals surface area contributed by atoms with E-state index in [1.165, 1.54) is 37.8 Å². The van der Waals surface area contributed by atoms with Crippen LogP contribution in [-0.2, 0) is 10.4 Å². The van der Waals surface area contributed by atoms with Gasteiger partial charge in [-0.2, -0.15) is 0 Å². The summed E-state index contributed by atoms with van der Waals surface area (Å²) < 4.78 is 13.1. The van der Waals surface area contributed by atoms with Crippen molar-refractivity contribution >= 4 is 5.91 Å². The van der Waals surface area contributed by atoms with Gasteiger partial charge in [-0.25, -0.2) is 4.39 Å². The average molecular weight is 378 g/mol. The molecule has 0 aromatic heterocycles. The van der Waals surface area contributed by atoms with Crippen molar-refractivity contribution in [3.63, 3.8) is 0 Å². The second-order valence-electron chi connectivity index (χ2n) is 7.92. The van der Waals surface area contributed by atoms with E-state index in [1.54, 1.807) is 12.1 Å². The summed E-state index contributed by atoms with van der Waals surface area (Å²) >= 11 is 0. The first-order valence-corrected chi connectivity index (χ1v) is 10.2. The fourth-order valence-corrected chi connectivity index (χ4v) is 4.10. The largest absolute Gasteiger partial charge is 0.385 e. The Balaban J connectivity index is 1.35. The Hall–Kier alpha value is -1.50. The van der Waals surface area contributed by atoms with E-state index >= 15 is 0 Å². The highest BCUT2D eigenvalue weighted by Crippen LogP contribution is 2.32. The third-order valence-corrected chi connectivity index (χ3v) is 5.88. The third kappa shape index (κ3) is 5.99. The number of hydrogen-bond donors (Lipinski definition) is 2. The van der Waals surface area contributed by atoms with Crippen LogP contribution < -0.4 is 5.32 Å². The van der Waals surface area contributed by atoms with E-state index in [1.807, 2.05) is 0 Å². The molecule has 0 saturated carbocycles. The molecule has 3 rings (SSSR count). The van der Waals surface area contributed by atoms with Crippen LogP contribution in [0.5, 0.6) is 0 Å². The molecule has 0 atom stereocenters. The number of nitrogens with one attached hydrogen (secondary N) is 1. The zero-order chi connectivity index (χ0) is 19.1. The van der Waals surface area contributed by atoms with Gasteiger partial charge in [0, 0.05) is 26.2 Å². The first kappa shape index (κ1) is 20.2. The second-order valence-corrected chi connectivity index (χ2v) is 7.92. The number of benzene rings is 1. The topological polar surface area (TPSA) is 55.8 Å². The standard InChI is InChI=1S/C21H32FN3O2/c22-19-7-5-18(6-8-19)21(27)9-14-24(15-10-21)16-11-23-20(26)17-25-12-3-1-2-4-13-25/h5-8,27H,1-4,9-17H2,(H,23,26). The van der Waals surface area contributed by atoms with Crippen LogP contribution in [0, 0.1) is 5.82 Å². The van der Waals surface area contributed by atoms with Crippen LogP contribution in [0.1, 0.15) is 44.1 Å². The van der Waals surface area contributed by atoms with Gasteiger partial charge in [0.15, 0.2) is 0 Å². The molecule has 0 aliphatic carbocycles. The molecule has 2 aliphatic heterocycles. The van der Waals surface area contributed by atoms with Gasteiger partial charge in [-0.15, -0.1) is 0 Å². The normalized spacial score (nSPS) is 21.6. The molecule has 5 nitrogen and oxygen atoms in total. The predicted octanol–water partition coefficient (Wildman–Crippen LogP) is 2.10. The summed E-state index contributed by atoms with van der Waals surface area (Å²) in [6, 6.07) is 6.15. The van der Waals surface area contributed by atoms with Crippen LogP contribution in [0.3, 0.4) is 0 Å². The highest BCUT2D eigenvalue weighted by Gasteiger charge is 2.33. The minimum absolute atomic E-state index is 0.108. The van der Waals surface area contributed by atoms with Gasteiger partial charge in [-0.05, 0) is 56.5 Å². The molecule has 2 heterocycles. The van der Waals surface area contributed by atoms with E-state index in [2.05, 4.69) is 15.1 Å². The lowest BCUT2D eigenvalue weighted by atomic mass is 9.84. The number of nitrogens with zero attached hydrogens (tertiary/aromatic N) is 2. The quantitative estimate of drug-likeness (QED) is 0.797. The molecule has 6 heteroatoms. The molecule has 1 aromatic rings. The number of likely N-dealkylation sites (tertiary alicyclic amines) is 2. The van der Waals surface area contributed by atoms with Gasteiger partial charge in [0.05, 0.1) is 12.1 Å². The number of rotatable bonds is 6. The average Bonchev–Trinajstić information content (AvgIpc) is 2.92. The molecule has 2 N–H and O–H groups in total. The van der Waals surface area contributed by atoms with Gasteiger partial charge < -0.3 is 15.3 Å². The Morgan fingerprint density at radius 2 is 1.63 bits per heavy atom. The summed E-state index contributed by atoms with van der Waals surface area (Å²) in [5.74, 6) is -0.174. The van der Waals surface area contributed by atoms with Crippen molar-refractivity contribution in [2.45, 2.75) is 44.1 Å². The second kappa shape index (κ2) is 9.62.